The molecule has 0 saturated heterocycles. The largest absolute Gasteiger partial charge is 0.452 e. The van der Waals surface area contributed by atoms with E-state index in [9.17, 15) is 0 Å². The third-order valence-electron chi connectivity index (χ3n) is 2.30. The lowest BCUT2D eigenvalue weighted by molar-refractivity contribution is 0.483. The second-order valence-corrected chi connectivity index (χ2v) is 6.23. The number of hydrogen-bond acceptors (Lipinski definition) is 1. The van der Waals surface area contributed by atoms with Crippen LogP contribution in [0.4, 0.5) is 0 Å². The van der Waals surface area contributed by atoms with Gasteiger partial charge >= 0.3 is 0 Å². The highest BCUT2D eigenvalue weighted by Crippen LogP contribution is 2.50. The van der Waals surface area contributed by atoms with Gasteiger partial charge in [0.05, 0.1) is 20.1 Å². The molecule has 0 spiro atoms. The van der Waals surface area contributed by atoms with E-state index in [1.54, 1.807) is 18.2 Å². The van der Waals surface area contributed by atoms with Crippen molar-refractivity contribution in [3.63, 3.8) is 0 Å². The minimum atomic E-state index is 0.0297. The zero-order valence-electron chi connectivity index (χ0n) is 9.29. The van der Waals surface area contributed by atoms with Gasteiger partial charge < -0.3 is 4.74 Å². The van der Waals surface area contributed by atoms with E-state index in [1.807, 2.05) is 0 Å². The number of ether oxygens (including phenoxy) is 1. The second-order valence-electron chi connectivity index (χ2n) is 3.55. The fourth-order valence-electron chi connectivity index (χ4n) is 1.35. The molecule has 1 nitrogen and oxygen atoms in total. The van der Waals surface area contributed by atoms with Crippen molar-refractivity contribution in [2.24, 2.45) is 0 Å². The Bertz CT molecular complexity index is 655. The Balaban J connectivity index is 2.57. The Labute approximate surface area is 150 Å². The zero-order chi connectivity index (χ0) is 15.0. The summed E-state index contributed by atoms with van der Waals surface area (Å²) in [6.45, 7) is 0. The van der Waals surface area contributed by atoms with Crippen molar-refractivity contribution in [2.45, 2.75) is 0 Å². The molecule has 2 rings (SSSR count). The normalized spacial score (nSPS) is 10.8. The molecular weight excluding hydrogens is 408 g/mol. The van der Waals surface area contributed by atoms with Gasteiger partial charge in [0.1, 0.15) is 20.8 Å². The second kappa shape index (κ2) is 6.58. The number of benzene rings is 2. The van der Waals surface area contributed by atoms with Crippen LogP contribution < -0.4 is 4.74 Å². The highest BCUT2D eigenvalue weighted by Gasteiger charge is 2.22. The van der Waals surface area contributed by atoms with Crippen molar-refractivity contribution in [1.29, 1.82) is 0 Å². The average molecular weight is 411 g/mol. The fourth-order valence-corrected chi connectivity index (χ4v) is 2.88. The maximum atomic E-state index is 6.06. The molecule has 0 bridgehead atoms. The van der Waals surface area contributed by atoms with Gasteiger partial charge in [0.2, 0.25) is 0 Å². The van der Waals surface area contributed by atoms with Gasteiger partial charge in [0, 0.05) is 0 Å². The van der Waals surface area contributed by atoms with Crippen LogP contribution in [0.3, 0.4) is 0 Å². The molecule has 8 heteroatoms. The van der Waals surface area contributed by atoms with Crippen molar-refractivity contribution in [1.82, 2.24) is 0 Å². The molecule has 0 amide bonds. The van der Waals surface area contributed by atoms with Crippen molar-refractivity contribution >= 4 is 81.2 Å². The van der Waals surface area contributed by atoms with Gasteiger partial charge in [-0.1, -0.05) is 87.3 Å². The zero-order valence-corrected chi connectivity index (χ0v) is 14.6. The number of rotatable bonds is 2. The molecule has 0 atom stereocenters. The molecule has 0 aromatic heterocycles. The van der Waals surface area contributed by atoms with Crippen molar-refractivity contribution < 1.29 is 4.74 Å². The fraction of sp³-hybridized carbons (Fsp3) is 0. The number of halogens is 7. The van der Waals surface area contributed by atoms with Crippen LogP contribution in [0, 0.1) is 0 Å². The van der Waals surface area contributed by atoms with Gasteiger partial charge in [-0.05, 0) is 12.1 Å². The Morgan fingerprint density at radius 3 is 1.65 bits per heavy atom. The maximum Gasteiger partial charge on any atom is 0.167 e. The molecule has 2 aromatic rings. The molecule has 2 aromatic carbocycles. The van der Waals surface area contributed by atoms with E-state index in [0.29, 0.717) is 5.02 Å². The molecule has 20 heavy (non-hydrogen) atoms. The lowest BCUT2D eigenvalue weighted by Gasteiger charge is -2.14. The van der Waals surface area contributed by atoms with Gasteiger partial charge in [0.15, 0.2) is 5.75 Å². The Morgan fingerprint density at radius 1 is 0.600 bits per heavy atom. The van der Waals surface area contributed by atoms with Gasteiger partial charge in [0.25, 0.3) is 0 Å². The molecule has 106 valence electrons. The third-order valence-corrected chi connectivity index (χ3v) is 5.34. The summed E-state index contributed by atoms with van der Waals surface area (Å²) in [6.07, 6.45) is 0. The SMILES string of the molecule is Clc1cccc(Oc2c(Cl)c(Cl)c(Cl)c(Cl)c2Cl)c1Cl. The van der Waals surface area contributed by atoms with E-state index < -0.39 is 0 Å². The molecule has 0 aliphatic carbocycles. The smallest absolute Gasteiger partial charge is 0.167 e. The minimum Gasteiger partial charge on any atom is -0.452 e. The summed E-state index contributed by atoms with van der Waals surface area (Å²) in [7, 11) is 0. The summed E-state index contributed by atoms with van der Waals surface area (Å²) in [6, 6.07) is 4.86. The van der Waals surface area contributed by atoms with Gasteiger partial charge in [-0.3, -0.25) is 0 Å². The Hall–Kier alpha value is 0.270. The first-order valence-corrected chi connectivity index (χ1v) is 7.62. The molecule has 0 unspecified atom stereocenters. The predicted octanol–water partition coefficient (Wildman–Crippen LogP) is 8.05. The van der Waals surface area contributed by atoms with Crippen LogP contribution in [0.2, 0.25) is 35.2 Å². The number of hydrogen-bond donors (Lipinski definition) is 0. The quantitative estimate of drug-likeness (QED) is 0.359. The highest BCUT2D eigenvalue weighted by molar-refractivity contribution is 6.55. The van der Waals surface area contributed by atoms with Gasteiger partial charge in [-0.15, -0.1) is 0 Å². The molecule has 0 fully saturated rings. The Morgan fingerprint density at radius 2 is 1.10 bits per heavy atom. The standard InChI is InChI=1S/C12H3Cl7O/c13-4-2-1-3-5(6(4)14)20-12-10(18)8(16)7(15)9(17)11(12)19/h1-3H. The third kappa shape index (κ3) is 3.05. The molecule has 0 saturated carbocycles. The van der Waals surface area contributed by atoms with Crippen LogP contribution in [0.1, 0.15) is 0 Å². The average Bonchev–Trinajstić information content (AvgIpc) is 2.43. The lowest BCUT2D eigenvalue weighted by atomic mass is 10.3. The van der Waals surface area contributed by atoms with Crippen LogP contribution >= 0.6 is 81.2 Å². The summed E-state index contributed by atoms with van der Waals surface area (Å²) < 4.78 is 5.56. The molecule has 0 aliphatic rings. The monoisotopic (exact) mass is 408 g/mol. The minimum absolute atomic E-state index is 0.0297. The first kappa shape index (κ1) is 16.6. The van der Waals surface area contributed by atoms with E-state index in [2.05, 4.69) is 0 Å². The van der Waals surface area contributed by atoms with E-state index in [1.165, 1.54) is 0 Å². The van der Waals surface area contributed by atoms with E-state index in [0.717, 1.165) is 0 Å². The van der Waals surface area contributed by atoms with Gasteiger partial charge in [-0.2, -0.15) is 0 Å². The molecule has 0 heterocycles. The van der Waals surface area contributed by atoms with Crippen molar-refractivity contribution in [3.05, 3.63) is 53.4 Å². The molecule has 0 aliphatic heterocycles. The molecular formula is C12H3Cl7O. The lowest BCUT2D eigenvalue weighted by Crippen LogP contribution is -1.90. The highest BCUT2D eigenvalue weighted by atomic mass is 35.5. The van der Waals surface area contributed by atoms with E-state index in [4.69, 9.17) is 85.9 Å². The van der Waals surface area contributed by atoms with Crippen LogP contribution in [0.5, 0.6) is 11.5 Å². The molecule has 0 N–H and O–H groups in total. The first-order chi connectivity index (χ1) is 9.34. The molecule has 0 radical (unpaired) electrons. The van der Waals surface area contributed by atoms with Crippen LogP contribution in [0.25, 0.3) is 0 Å². The summed E-state index contributed by atoms with van der Waals surface area (Å²) in [5.74, 6) is 0.314. The van der Waals surface area contributed by atoms with E-state index >= 15 is 0 Å². The van der Waals surface area contributed by atoms with Crippen molar-refractivity contribution in [3.8, 4) is 11.5 Å². The first-order valence-electron chi connectivity index (χ1n) is 4.98. The maximum absolute atomic E-state index is 6.06. The summed E-state index contributed by atoms with van der Waals surface area (Å²) in [5.41, 5.74) is 0. The van der Waals surface area contributed by atoms with E-state index in [-0.39, 0.29) is 41.6 Å². The predicted molar refractivity (Wildman–Crippen MR) is 88.0 cm³/mol. The van der Waals surface area contributed by atoms with Crippen LogP contribution in [0.15, 0.2) is 18.2 Å². The summed E-state index contributed by atoms with van der Waals surface area (Å²) in [5, 5.41) is 0.718. The van der Waals surface area contributed by atoms with Crippen LogP contribution in [-0.2, 0) is 0 Å². The Kier molecular flexibility index (Phi) is 5.47. The summed E-state index contributed by atoms with van der Waals surface area (Å²) in [4.78, 5) is 0. The van der Waals surface area contributed by atoms with Gasteiger partial charge in [-0.25, -0.2) is 0 Å². The van der Waals surface area contributed by atoms with Crippen molar-refractivity contribution in [2.75, 3.05) is 0 Å². The summed E-state index contributed by atoms with van der Waals surface area (Å²) >= 11 is 41.8. The van der Waals surface area contributed by atoms with Crippen LogP contribution in [-0.4, -0.2) is 0 Å². The topological polar surface area (TPSA) is 9.23 Å².